The van der Waals surface area contributed by atoms with Crippen molar-refractivity contribution in [3.63, 3.8) is 0 Å². The van der Waals surface area contributed by atoms with Gasteiger partial charge in [0, 0.05) is 5.41 Å². The standard InChI is InChI=1S/C25H42O2Si/c1-23(2,3)28(6,7)27-22-11-10-20-19-9-8-17-16-18(26)12-14-24(17,4)21(19)13-15-25(20,22)5/h8,10,18-19,21-22,26H,9,11-16H2,1-7H3/t18-,19-,21-,22-,24-,25-/m0/s1. The van der Waals surface area contributed by atoms with Gasteiger partial charge in [0.25, 0.3) is 0 Å². The Morgan fingerprint density at radius 3 is 2.39 bits per heavy atom. The van der Waals surface area contributed by atoms with Crippen molar-refractivity contribution in [3.8, 4) is 0 Å². The molecule has 4 aliphatic rings. The smallest absolute Gasteiger partial charge is 0.192 e. The van der Waals surface area contributed by atoms with Gasteiger partial charge in [-0.1, -0.05) is 57.9 Å². The molecule has 0 unspecified atom stereocenters. The lowest BCUT2D eigenvalue weighted by Gasteiger charge is -2.56. The lowest BCUT2D eigenvalue weighted by Crippen LogP contribution is -2.51. The van der Waals surface area contributed by atoms with Crippen LogP contribution in [0, 0.1) is 22.7 Å². The summed E-state index contributed by atoms with van der Waals surface area (Å²) < 4.78 is 7.00. The van der Waals surface area contributed by atoms with Crippen molar-refractivity contribution in [1.29, 1.82) is 0 Å². The van der Waals surface area contributed by atoms with E-state index in [2.05, 4.69) is 59.9 Å². The van der Waals surface area contributed by atoms with Crippen molar-refractivity contribution in [2.75, 3.05) is 0 Å². The van der Waals surface area contributed by atoms with Crippen LogP contribution in [0.5, 0.6) is 0 Å². The van der Waals surface area contributed by atoms with Gasteiger partial charge in [-0.2, -0.15) is 0 Å². The molecular formula is C25H42O2Si. The molecule has 158 valence electrons. The number of allylic oxidation sites excluding steroid dienone is 1. The van der Waals surface area contributed by atoms with Gasteiger partial charge in [0.15, 0.2) is 8.32 Å². The largest absolute Gasteiger partial charge is 0.413 e. The third-order valence-electron chi connectivity index (χ3n) is 9.65. The second-order valence-electron chi connectivity index (χ2n) is 12.2. The van der Waals surface area contributed by atoms with E-state index in [0.717, 1.165) is 31.6 Å². The van der Waals surface area contributed by atoms with Crippen molar-refractivity contribution in [3.05, 3.63) is 23.3 Å². The molecule has 0 spiro atoms. The summed E-state index contributed by atoms with van der Waals surface area (Å²) in [6.45, 7) is 16.9. The SMILES string of the molecule is CC(C)(C)[Si](C)(C)O[C@H]1CC=C2[C@@H]3CC=C4C[C@@H](O)CC[C@]4(C)[C@H]3CC[C@@]21C. The molecule has 28 heavy (non-hydrogen) atoms. The second kappa shape index (κ2) is 6.56. The minimum atomic E-state index is -1.76. The van der Waals surface area contributed by atoms with Gasteiger partial charge < -0.3 is 9.53 Å². The Kier molecular flexibility index (Phi) is 4.89. The molecule has 2 fully saturated rings. The van der Waals surface area contributed by atoms with Crippen LogP contribution in [0.3, 0.4) is 0 Å². The van der Waals surface area contributed by atoms with E-state index in [1.165, 1.54) is 19.3 Å². The summed E-state index contributed by atoms with van der Waals surface area (Å²) in [5, 5.41) is 10.5. The molecule has 1 N–H and O–H groups in total. The molecule has 0 saturated heterocycles. The fraction of sp³-hybridized carbons (Fsp3) is 0.840. The number of fused-ring (bicyclic) bond motifs is 5. The quantitative estimate of drug-likeness (QED) is 0.415. The highest BCUT2D eigenvalue weighted by atomic mass is 28.4. The van der Waals surface area contributed by atoms with Crippen LogP contribution in [-0.4, -0.2) is 25.6 Å². The minimum Gasteiger partial charge on any atom is -0.413 e. The molecule has 3 heteroatoms. The molecule has 0 aliphatic heterocycles. The number of aliphatic hydroxyl groups excluding tert-OH is 1. The van der Waals surface area contributed by atoms with Gasteiger partial charge in [0.05, 0.1) is 12.2 Å². The topological polar surface area (TPSA) is 29.5 Å². The fourth-order valence-corrected chi connectivity index (χ4v) is 8.08. The monoisotopic (exact) mass is 402 g/mol. The number of rotatable bonds is 2. The lowest BCUT2D eigenvalue weighted by atomic mass is 9.49. The molecule has 4 aliphatic carbocycles. The van der Waals surface area contributed by atoms with Gasteiger partial charge in [-0.05, 0) is 80.3 Å². The van der Waals surface area contributed by atoms with E-state index in [1.807, 2.05) is 0 Å². The third kappa shape index (κ3) is 3.03. The molecule has 2 saturated carbocycles. The molecule has 0 amide bonds. The van der Waals surface area contributed by atoms with Crippen LogP contribution >= 0.6 is 0 Å². The fourth-order valence-electron chi connectivity index (χ4n) is 6.66. The first-order valence-electron chi connectivity index (χ1n) is 11.6. The van der Waals surface area contributed by atoms with Crippen LogP contribution in [-0.2, 0) is 4.43 Å². The molecule has 0 bridgehead atoms. The van der Waals surface area contributed by atoms with E-state index >= 15 is 0 Å². The lowest BCUT2D eigenvalue weighted by molar-refractivity contribution is 0.00115. The van der Waals surface area contributed by atoms with Crippen molar-refractivity contribution in [2.24, 2.45) is 22.7 Å². The highest BCUT2D eigenvalue weighted by molar-refractivity contribution is 6.74. The number of hydrogen-bond donors (Lipinski definition) is 1. The van der Waals surface area contributed by atoms with Crippen LogP contribution < -0.4 is 0 Å². The van der Waals surface area contributed by atoms with Gasteiger partial charge >= 0.3 is 0 Å². The van der Waals surface area contributed by atoms with Crippen LogP contribution in [0.1, 0.15) is 79.6 Å². The Balaban J connectivity index is 1.59. The van der Waals surface area contributed by atoms with Crippen LogP contribution in [0.2, 0.25) is 18.1 Å². The van der Waals surface area contributed by atoms with Gasteiger partial charge in [0.1, 0.15) is 0 Å². The average Bonchev–Trinajstić information content (AvgIpc) is 2.91. The molecule has 4 rings (SSSR count). The Morgan fingerprint density at radius 1 is 1.04 bits per heavy atom. The Bertz CT molecular complexity index is 700. The van der Waals surface area contributed by atoms with E-state index in [1.54, 1.807) is 11.1 Å². The Labute approximate surface area is 174 Å². The summed E-state index contributed by atoms with van der Waals surface area (Å²) >= 11 is 0. The van der Waals surface area contributed by atoms with Crippen LogP contribution in [0.25, 0.3) is 0 Å². The molecule has 0 radical (unpaired) electrons. The first kappa shape index (κ1) is 20.9. The maximum Gasteiger partial charge on any atom is 0.192 e. The van der Waals surface area contributed by atoms with Gasteiger partial charge in [-0.15, -0.1) is 0 Å². The van der Waals surface area contributed by atoms with Gasteiger partial charge in [0.2, 0.25) is 0 Å². The van der Waals surface area contributed by atoms with E-state index in [-0.39, 0.29) is 16.6 Å². The number of aliphatic hydroxyl groups is 1. The van der Waals surface area contributed by atoms with E-state index in [9.17, 15) is 5.11 Å². The van der Waals surface area contributed by atoms with Crippen molar-refractivity contribution in [2.45, 2.75) is 110 Å². The third-order valence-corrected chi connectivity index (χ3v) is 14.1. The normalized spacial score (nSPS) is 43.6. The van der Waals surface area contributed by atoms with Gasteiger partial charge in [-0.25, -0.2) is 0 Å². The Morgan fingerprint density at radius 2 is 1.71 bits per heavy atom. The highest BCUT2D eigenvalue weighted by Gasteiger charge is 2.57. The second-order valence-corrected chi connectivity index (χ2v) is 17.0. The van der Waals surface area contributed by atoms with E-state index in [4.69, 9.17) is 4.43 Å². The maximum atomic E-state index is 10.2. The summed E-state index contributed by atoms with van der Waals surface area (Å²) in [6.07, 6.45) is 13.3. The first-order chi connectivity index (χ1) is 12.9. The molecule has 0 aromatic heterocycles. The predicted molar refractivity (Wildman–Crippen MR) is 120 cm³/mol. The molecule has 0 aromatic rings. The Hall–Kier alpha value is -0.383. The maximum absolute atomic E-state index is 10.2. The molecular weight excluding hydrogens is 360 g/mol. The zero-order chi connectivity index (χ0) is 20.5. The molecule has 0 aromatic carbocycles. The molecule has 6 atom stereocenters. The first-order valence-corrected chi connectivity index (χ1v) is 14.6. The van der Waals surface area contributed by atoms with Crippen molar-refractivity contribution < 1.29 is 9.53 Å². The van der Waals surface area contributed by atoms with Crippen molar-refractivity contribution >= 4 is 8.32 Å². The summed E-state index contributed by atoms with van der Waals surface area (Å²) in [4.78, 5) is 0. The zero-order valence-corrected chi connectivity index (χ0v) is 20.3. The average molecular weight is 403 g/mol. The molecule has 0 heterocycles. The van der Waals surface area contributed by atoms with Crippen LogP contribution in [0.15, 0.2) is 23.3 Å². The van der Waals surface area contributed by atoms with Crippen molar-refractivity contribution in [1.82, 2.24) is 0 Å². The van der Waals surface area contributed by atoms with Crippen LogP contribution in [0.4, 0.5) is 0 Å². The number of hydrogen-bond acceptors (Lipinski definition) is 2. The summed E-state index contributed by atoms with van der Waals surface area (Å²) in [5.41, 5.74) is 3.81. The van der Waals surface area contributed by atoms with E-state index < -0.39 is 8.32 Å². The highest BCUT2D eigenvalue weighted by Crippen LogP contribution is 2.64. The predicted octanol–water partition coefficient (Wildman–Crippen LogP) is 6.62. The molecule has 2 nitrogen and oxygen atoms in total. The van der Waals surface area contributed by atoms with E-state index in [0.29, 0.717) is 17.4 Å². The van der Waals surface area contributed by atoms with Gasteiger partial charge in [-0.3, -0.25) is 0 Å². The summed E-state index contributed by atoms with van der Waals surface area (Å²) in [7, 11) is -1.76. The minimum absolute atomic E-state index is 0.113. The summed E-state index contributed by atoms with van der Waals surface area (Å²) in [5.74, 6) is 1.45. The summed E-state index contributed by atoms with van der Waals surface area (Å²) in [6, 6.07) is 0. The zero-order valence-electron chi connectivity index (χ0n) is 19.3.